The predicted octanol–water partition coefficient (Wildman–Crippen LogP) is 0.509. The standard InChI is InChI=1S/C30H51N7O6/c1-9-11-24(35-27(39)21(8)33-28(40)22-12-14-37(43)15-13-22)29(41)34-23(16-18(3)4)17-32-20(7)26(38)36-25(19(5)6)30(42)31-10-2/h12-15,18-21,23-25,32H,9-11,16-17H2,1-8H3,(H,31,42)(H,33,40)(H,34,41)(H,35,39)(H,36,38)/t20-,21-,23-,24-,25-/m0/s1. The maximum absolute atomic E-state index is 13.3. The van der Waals surface area contributed by atoms with Gasteiger partial charge in [-0.1, -0.05) is 41.0 Å². The summed E-state index contributed by atoms with van der Waals surface area (Å²) in [5, 5.41) is 28.2. The zero-order chi connectivity index (χ0) is 32.7. The number of amides is 5. The Labute approximate surface area is 255 Å². The molecule has 13 heteroatoms. The number of carbonyl (C=O) groups is 5. The summed E-state index contributed by atoms with van der Waals surface area (Å²) >= 11 is 0. The predicted molar refractivity (Wildman–Crippen MR) is 163 cm³/mol. The molecule has 0 fully saturated rings. The second-order valence-corrected chi connectivity index (χ2v) is 11.6. The first-order valence-electron chi connectivity index (χ1n) is 15.1. The van der Waals surface area contributed by atoms with Crippen molar-refractivity contribution in [2.75, 3.05) is 13.1 Å². The highest BCUT2D eigenvalue weighted by atomic mass is 16.5. The van der Waals surface area contributed by atoms with E-state index in [1.807, 2.05) is 41.5 Å². The van der Waals surface area contributed by atoms with E-state index in [1.165, 1.54) is 31.5 Å². The fourth-order valence-electron chi connectivity index (χ4n) is 4.34. The maximum atomic E-state index is 13.3. The first-order valence-corrected chi connectivity index (χ1v) is 15.1. The van der Waals surface area contributed by atoms with Gasteiger partial charge in [0.2, 0.25) is 23.6 Å². The number of pyridine rings is 1. The molecule has 43 heavy (non-hydrogen) atoms. The van der Waals surface area contributed by atoms with Crippen molar-refractivity contribution in [3.63, 3.8) is 0 Å². The van der Waals surface area contributed by atoms with Gasteiger partial charge in [-0.2, -0.15) is 4.73 Å². The van der Waals surface area contributed by atoms with Gasteiger partial charge in [0.05, 0.1) is 11.6 Å². The van der Waals surface area contributed by atoms with Crippen molar-refractivity contribution in [1.29, 1.82) is 0 Å². The average molecular weight is 606 g/mol. The first-order chi connectivity index (χ1) is 20.2. The molecule has 0 saturated heterocycles. The smallest absolute Gasteiger partial charge is 0.252 e. The van der Waals surface area contributed by atoms with Crippen LogP contribution in [0.2, 0.25) is 0 Å². The molecule has 0 aliphatic heterocycles. The summed E-state index contributed by atoms with van der Waals surface area (Å²) in [7, 11) is 0. The Kier molecular flexibility index (Phi) is 16.2. The number of hydrogen-bond acceptors (Lipinski definition) is 7. The number of nitrogens with zero attached hydrogens (tertiary/aromatic N) is 1. The summed E-state index contributed by atoms with van der Waals surface area (Å²) in [6.07, 6.45) is 4.01. The number of aromatic nitrogens is 1. The molecule has 0 aliphatic rings. The molecule has 0 unspecified atom stereocenters. The SMILES string of the molecule is CCC[C@H](NC(=O)[C@H](C)NC(=O)c1cc[n+]([O-])cc1)C(=O)N[C@H](CN[C@@H](C)C(=O)N[C@H](C(=O)NCC)C(C)C)CC(C)C. The number of hydrogen-bond donors (Lipinski definition) is 6. The summed E-state index contributed by atoms with van der Waals surface area (Å²) in [6.45, 7) is 15.4. The van der Waals surface area contributed by atoms with Crippen LogP contribution in [0.25, 0.3) is 0 Å². The van der Waals surface area contributed by atoms with Crippen LogP contribution in [0.5, 0.6) is 0 Å². The number of likely N-dealkylation sites (N-methyl/N-ethyl adjacent to an activating group) is 1. The van der Waals surface area contributed by atoms with Gasteiger partial charge in [0, 0.05) is 31.3 Å². The maximum Gasteiger partial charge on any atom is 0.252 e. The van der Waals surface area contributed by atoms with E-state index < -0.39 is 36.0 Å². The Balaban J connectivity index is 2.81. The monoisotopic (exact) mass is 605 g/mol. The molecule has 0 aromatic carbocycles. The highest BCUT2D eigenvalue weighted by Gasteiger charge is 2.28. The normalized spacial score (nSPS) is 14.7. The number of carbonyl (C=O) groups excluding carboxylic acids is 5. The van der Waals surface area contributed by atoms with Crippen LogP contribution in [-0.4, -0.2) is 72.8 Å². The van der Waals surface area contributed by atoms with E-state index in [0.29, 0.717) is 37.1 Å². The first kappa shape index (κ1) is 37.3. The zero-order valence-corrected chi connectivity index (χ0v) is 26.8. The summed E-state index contributed by atoms with van der Waals surface area (Å²) in [6, 6.07) is -0.679. The average Bonchev–Trinajstić information content (AvgIpc) is 2.93. The lowest BCUT2D eigenvalue weighted by molar-refractivity contribution is -0.605. The van der Waals surface area contributed by atoms with Crippen molar-refractivity contribution in [3.05, 3.63) is 35.3 Å². The fraction of sp³-hybridized carbons (Fsp3) is 0.667. The molecule has 5 amide bonds. The highest BCUT2D eigenvalue weighted by molar-refractivity contribution is 5.98. The molecule has 1 aromatic heterocycles. The van der Waals surface area contributed by atoms with E-state index in [1.54, 1.807) is 6.92 Å². The van der Waals surface area contributed by atoms with Gasteiger partial charge in [-0.15, -0.1) is 0 Å². The van der Waals surface area contributed by atoms with Crippen molar-refractivity contribution in [2.24, 2.45) is 11.8 Å². The van der Waals surface area contributed by atoms with Crippen molar-refractivity contribution in [3.8, 4) is 0 Å². The van der Waals surface area contributed by atoms with Gasteiger partial charge in [-0.25, -0.2) is 0 Å². The third-order valence-corrected chi connectivity index (χ3v) is 6.78. The fourth-order valence-corrected chi connectivity index (χ4v) is 4.34. The van der Waals surface area contributed by atoms with E-state index in [9.17, 15) is 29.2 Å². The minimum atomic E-state index is -0.930. The van der Waals surface area contributed by atoms with Crippen LogP contribution in [0.1, 0.15) is 85.0 Å². The Morgan fingerprint density at radius 2 is 1.40 bits per heavy atom. The van der Waals surface area contributed by atoms with E-state index in [0.717, 1.165) is 0 Å². The zero-order valence-electron chi connectivity index (χ0n) is 26.8. The molecular formula is C30H51N7O6. The second-order valence-electron chi connectivity index (χ2n) is 11.6. The second kappa shape index (κ2) is 18.7. The third-order valence-electron chi connectivity index (χ3n) is 6.78. The van der Waals surface area contributed by atoms with Crippen LogP contribution in [0.15, 0.2) is 24.5 Å². The molecule has 13 nitrogen and oxygen atoms in total. The van der Waals surface area contributed by atoms with E-state index in [4.69, 9.17) is 0 Å². The van der Waals surface area contributed by atoms with E-state index >= 15 is 0 Å². The van der Waals surface area contributed by atoms with Crippen molar-refractivity contribution >= 4 is 29.5 Å². The van der Waals surface area contributed by atoms with E-state index in [2.05, 4.69) is 31.9 Å². The summed E-state index contributed by atoms with van der Waals surface area (Å²) in [5.74, 6) is -1.83. The lowest BCUT2D eigenvalue weighted by atomic mass is 10.0. The van der Waals surface area contributed by atoms with Gasteiger partial charge < -0.3 is 37.1 Å². The van der Waals surface area contributed by atoms with Crippen LogP contribution >= 0.6 is 0 Å². The third kappa shape index (κ3) is 13.4. The van der Waals surface area contributed by atoms with Crippen molar-refractivity contribution in [2.45, 2.75) is 105 Å². The molecule has 0 spiro atoms. The topological polar surface area (TPSA) is 184 Å². The molecule has 0 bridgehead atoms. The Morgan fingerprint density at radius 3 is 1.93 bits per heavy atom. The molecule has 1 rings (SSSR count). The largest absolute Gasteiger partial charge is 0.619 e. The Morgan fingerprint density at radius 1 is 0.791 bits per heavy atom. The molecule has 242 valence electrons. The van der Waals surface area contributed by atoms with Gasteiger partial charge in [0.15, 0.2) is 12.4 Å². The van der Waals surface area contributed by atoms with Gasteiger partial charge in [-0.3, -0.25) is 24.0 Å². The highest BCUT2D eigenvalue weighted by Crippen LogP contribution is 2.08. The summed E-state index contributed by atoms with van der Waals surface area (Å²) in [5.41, 5.74) is 0.227. The molecule has 0 aliphatic carbocycles. The van der Waals surface area contributed by atoms with Crippen LogP contribution in [0, 0.1) is 17.0 Å². The van der Waals surface area contributed by atoms with Gasteiger partial charge in [0.1, 0.15) is 18.1 Å². The van der Waals surface area contributed by atoms with Crippen molar-refractivity contribution < 1.29 is 28.7 Å². The van der Waals surface area contributed by atoms with Gasteiger partial charge >= 0.3 is 0 Å². The van der Waals surface area contributed by atoms with Gasteiger partial charge in [-0.05, 0) is 45.4 Å². The van der Waals surface area contributed by atoms with Crippen LogP contribution in [0.4, 0.5) is 0 Å². The van der Waals surface area contributed by atoms with Crippen LogP contribution in [0.3, 0.4) is 0 Å². The van der Waals surface area contributed by atoms with Crippen LogP contribution < -0.4 is 36.6 Å². The summed E-state index contributed by atoms with van der Waals surface area (Å²) < 4.78 is 0.551. The lowest BCUT2D eigenvalue weighted by Crippen LogP contribution is -2.57. The molecule has 0 radical (unpaired) electrons. The molecular weight excluding hydrogens is 554 g/mol. The molecule has 0 saturated carbocycles. The molecule has 1 heterocycles. The molecule has 1 aromatic rings. The van der Waals surface area contributed by atoms with Crippen molar-refractivity contribution in [1.82, 2.24) is 31.9 Å². The summed E-state index contributed by atoms with van der Waals surface area (Å²) in [4.78, 5) is 63.9. The van der Waals surface area contributed by atoms with E-state index in [-0.39, 0.29) is 41.2 Å². The minimum absolute atomic E-state index is 0.0955. The lowest BCUT2D eigenvalue weighted by Gasteiger charge is -2.27. The Bertz CT molecular complexity index is 1060. The Hall–Kier alpha value is -3.74. The quantitative estimate of drug-likeness (QED) is 0.104. The van der Waals surface area contributed by atoms with Crippen LogP contribution in [-0.2, 0) is 19.2 Å². The van der Waals surface area contributed by atoms with Gasteiger partial charge in [0.25, 0.3) is 5.91 Å². The molecule has 5 atom stereocenters. The number of nitrogens with one attached hydrogen (secondary N) is 6. The minimum Gasteiger partial charge on any atom is -0.619 e. The number of rotatable bonds is 18. The molecule has 6 N–H and O–H groups in total.